The molecule has 2 N–H and O–H groups in total. The summed E-state index contributed by atoms with van der Waals surface area (Å²) in [7, 11) is 1.28. The number of hydrogen-bond donors (Lipinski definition) is 2. The molecule has 9 nitrogen and oxygen atoms in total. The fourth-order valence-electron chi connectivity index (χ4n) is 4.42. The minimum Gasteiger partial charge on any atom is -0.465 e. The molecule has 186 valence electrons. The molecule has 2 aromatic heterocycles. The van der Waals surface area contributed by atoms with E-state index in [0.717, 1.165) is 17.3 Å². The Morgan fingerprint density at radius 1 is 0.973 bits per heavy atom. The van der Waals surface area contributed by atoms with Crippen LogP contribution >= 0.6 is 0 Å². The van der Waals surface area contributed by atoms with E-state index in [1.807, 2.05) is 30.3 Å². The number of methoxy groups -OCH3 is 1. The fraction of sp³-hybridized carbons (Fsp3) is 0.179. The molecule has 0 bridgehead atoms. The lowest BCUT2D eigenvalue weighted by molar-refractivity contribution is 0.0601. The van der Waals surface area contributed by atoms with Crippen molar-refractivity contribution in [3.8, 4) is 0 Å². The molecule has 2 heterocycles. The highest BCUT2D eigenvalue weighted by atomic mass is 16.5. The van der Waals surface area contributed by atoms with Crippen LogP contribution in [0.2, 0.25) is 0 Å². The number of carbonyl (C=O) groups excluding carboxylic acids is 3. The lowest BCUT2D eigenvalue weighted by atomic mass is 9.93. The largest absolute Gasteiger partial charge is 0.465 e. The second-order valence-corrected chi connectivity index (χ2v) is 8.59. The number of hydrazone groups is 1. The summed E-state index contributed by atoms with van der Waals surface area (Å²) in [6.07, 6.45) is 2.02. The zero-order valence-corrected chi connectivity index (χ0v) is 20.3. The average Bonchev–Trinajstić information content (AvgIpc) is 3.28. The summed E-state index contributed by atoms with van der Waals surface area (Å²) < 4.78 is 10.7. The molecule has 9 heteroatoms. The predicted molar refractivity (Wildman–Crippen MR) is 138 cm³/mol. The second kappa shape index (κ2) is 10.1. The van der Waals surface area contributed by atoms with E-state index in [-0.39, 0.29) is 17.0 Å². The summed E-state index contributed by atoms with van der Waals surface area (Å²) in [6.45, 7) is 1.77. The van der Waals surface area contributed by atoms with E-state index < -0.39 is 17.8 Å². The molecule has 0 aliphatic heterocycles. The number of para-hydroxylation sites is 2. The van der Waals surface area contributed by atoms with Gasteiger partial charge in [-0.3, -0.25) is 9.59 Å². The van der Waals surface area contributed by atoms with Gasteiger partial charge in [-0.25, -0.2) is 15.2 Å². The predicted octanol–water partition coefficient (Wildman–Crippen LogP) is 4.65. The van der Waals surface area contributed by atoms with Gasteiger partial charge in [0.15, 0.2) is 5.76 Å². The summed E-state index contributed by atoms with van der Waals surface area (Å²) in [5, 5.41) is 8.05. The van der Waals surface area contributed by atoms with Crippen LogP contribution in [0.1, 0.15) is 61.1 Å². The minimum atomic E-state index is -0.558. The number of aryl methyl sites for hydroxylation is 1. The highest BCUT2D eigenvalue weighted by Crippen LogP contribution is 2.30. The summed E-state index contributed by atoms with van der Waals surface area (Å²) >= 11 is 0. The molecule has 0 radical (unpaired) electrons. The maximum Gasteiger partial charge on any atom is 0.339 e. The van der Waals surface area contributed by atoms with Crippen molar-refractivity contribution in [3.05, 3.63) is 94.6 Å². The van der Waals surface area contributed by atoms with Crippen LogP contribution in [0.25, 0.3) is 10.9 Å². The average molecular weight is 497 g/mol. The Morgan fingerprint density at radius 2 is 1.76 bits per heavy atom. The molecule has 1 aliphatic rings. The number of amides is 2. The Kier molecular flexibility index (Phi) is 6.51. The van der Waals surface area contributed by atoms with E-state index in [0.29, 0.717) is 41.1 Å². The van der Waals surface area contributed by atoms with Crippen molar-refractivity contribution in [1.82, 2.24) is 10.4 Å². The number of carbonyl (C=O) groups is 3. The van der Waals surface area contributed by atoms with Crippen molar-refractivity contribution in [2.45, 2.75) is 26.2 Å². The number of hydrogen-bond acceptors (Lipinski definition) is 7. The van der Waals surface area contributed by atoms with Gasteiger partial charge in [-0.15, -0.1) is 0 Å². The van der Waals surface area contributed by atoms with Crippen LogP contribution < -0.4 is 10.7 Å². The Bertz CT molecular complexity index is 1570. The van der Waals surface area contributed by atoms with Gasteiger partial charge in [-0.2, -0.15) is 5.10 Å². The summed E-state index contributed by atoms with van der Waals surface area (Å²) in [4.78, 5) is 42.3. The maximum absolute atomic E-state index is 13.1. The Labute approximate surface area is 212 Å². The molecular weight excluding hydrogens is 472 g/mol. The van der Waals surface area contributed by atoms with Gasteiger partial charge in [-0.05, 0) is 44.0 Å². The highest BCUT2D eigenvalue weighted by Gasteiger charge is 2.28. The van der Waals surface area contributed by atoms with E-state index in [9.17, 15) is 14.4 Å². The molecule has 0 unspecified atom stereocenters. The molecule has 2 aromatic carbocycles. The smallest absolute Gasteiger partial charge is 0.339 e. The van der Waals surface area contributed by atoms with E-state index >= 15 is 0 Å². The Hall–Kier alpha value is -4.79. The van der Waals surface area contributed by atoms with Gasteiger partial charge in [0.1, 0.15) is 11.5 Å². The molecule has 1 aliphatic carbocycles. The van der Waals surface area contributed by atoms with E-state index in [1.165, 1.54) is 7.11 Å². The lowest BCUT2D eigenvalue weighted by Gasteiger charge is -2.13. The van der Waals surface area contributed by atoms with E-state index in [1.54, 1.807) is 37.3 Å². The van der Waals surface area contributed by atoms with Crippen molar-refractivity contribution in [1.29, 1.82) is 0 Å². The summed E-state index contributed by atoms with van der Waals surface area (Å²) in [5.74, 6) is -0.720. The number of esters is 1. The number of nitrogens with one attached hydrogen (secondary N) is 2. The zero-order valence-electron chi connectivity index (χ0n) is 20.3. The molecular formula is C28H24N4O5. The third kappa shape index (κ3) is 4.71. The Morgan fingerprint density at radius 3 is 2.59 bits per heavy atom. The molecule has 0 saturated carbocycles. The number of anilines is 1. The number of aromatic nitrogens is 1. The SMILES string of the molecule is COC(=O)c1ccccc1NC(=O)c1oc2c(c1C)/C(=N/NC(=O)c1ccc3ccccc3n1)CCC2. The van der Waals surface area contributed by atoms with Gasteiger partial charge in [0.25, 0.3) is 11.8 Å². The lowest BCUT2D eigenvalue weighted by Crippen LogP contribution is -2.23. The molecule has 5 rings (SSSR count). The zero-order chi connectivity index (χ0) is 25.9. The molecule has 4 aromatic rings. The number of pyridine rings is 1. The van der Waals surface area contributed by atoms with Gasteiger partial charge in [0, 0.05) is 22.9 Å². The molecule has 0 saturated heterocycles. The number of ether oxygens (including phenoxy) is 1. The van der Waals surface area contributed by atoms with E-state index in [2.05, 4.69) is 20.8 Å². The fourth-order valence-corrected chi connectivity index (χ4v) is 4.42. The number of rotatable bonds is 5. The number of furan rings is 1. The first-order valence-electron chi connectivity index (χ1n) is 11.8. The normalized spacial score (nSPS) is 13.7. The van der Waals surface area contributed by atoms with Gasteiger partial charge in [0.2, 0.25) is 0 Å². The van der Waals surface area contributed by atoms with Crippen molar-refractivity contribution in [2.24, 2.45) is 5.10 Å². The third-order valence-electron chi connectivity index (χ3n) is 6.24. The van der Waals surface area contributed by atoms with Crippen molar-refractivity contribution < 1.29 is 23.5 Å². The molecule has 37 heavy (non-hydrogen) atoms. The Balaban J connectivity index is 1.38. The van der Waals surface area contributed by atoms with Crippen LogP contribution in [0.4, 0.5) is 5.69 Å². The van der Waals surface area contributed by atoms with Crippen LogP contribution in [0, 0.1) is 6.92 Å². The highest BCUT2D eigenvalue weighted by molar-refractivity contribution is 6.11. The van der Waals surface area contributed by atoms with Gasteiger partial charge < -0.3 is 14.5 Å². The van der Waals surface area contributed by atoms with Crippen LogP contribution in [0.5, 0.6) is 0 Å². The monoisotopic (exact) mass is 496 g/mol. The van der Waals surface area contributed by atoms with Crippen LogP contribution in [-0.4, -0.2) is 35.6 Å². The van der Waals surface area contributed by atoms with Gasteiger partial charge in [-0.1, -0.05) is 36.4 Å². The standard InChI is InChI=1S/C28H24N4O5/c1-16-24-21(31-32-26(33)22-15-14-17-8-3-5-10-19(17)29-22)12-7-13-23(24)37-25(16)27(34)30-20-11-6-4-9-18(20)28(35)36-2/h3-6,8-11,14-15H,7,12-13H2,1-2H3,(H,30,34)(H,32,33)/b31-21+. The summed E-state index contributed by atoms with van der Waals surface area (Å²) in [5.41, 5.74) is 6.08. The molecule has 0 fully saturated rings. The van der Waals surface area contributed by atoms with E-state index in [4.69, 9.17) is 9.15 Å². The maximum atomic E-state index is 13.1. The number of nitrogens with zero attached hydrogens (tertiary/aromatic N) is 2. The van der Waals surface area contributed by atoms with Crippen LogP contribution in [-0.2, 0) is 11.2 Å². The topological polar surface area (TPSA) is 123 Å². The van der Waals surface area contributed by atoms with Crippen LogP contribution in [0.15, 0.2) is 70.2 Å². The quantitative estimate of drug-likeness (QED) is 0.306. The third-order valence-corrected chi connectivity index (χ3v) is 6.24. The first-order valence-corrected chi connectivity index (χ1v) is 11.8. The van der Waals surface area contributed by atoms with Gasteiger partial charge >= 0.3 is 5.97 Å². The molecule has 0 spiro atoms. The first kappa shape index (κ1) is 23.9. The van der Waals surface area contributed by atoms with Crippen molar-refractivity contribution in [2.75, 3.05) is 12.4 Å². The summed E-state index contributed by atoms with van der Waals surface area (Å²) in [6, 6.07) is 17.6. The molecule has 0 atom stereocenters. The van der Waals surface area contributed by atoms with Gasteiger partial charge in [0.05, 0.1) is 29.6 Å². The molecule has 2 amide bonds. The van der Waals surface area contributed by atoms with Crippen LogP contribution in [0.3, 0.4) is 0 Å². The first-order chi connectivity index (χ1) is 18.0. The minimum absolute atomic E-state index is 0.127. The number of fused-ring (bicyclic) bond motifs is 2. The van der Waals surface area contributed by atoms with Crippen molar-refractivity contribution in [3.63, 3.8) is 0 Å². The number of benzene rings is 2. The van der Waals surface area contributed by atoms with Crippen molar-refractivity contribution >= 4 is 40.1 Å². The second-order valence-electron chi connectivity index (χ2n) is 8.59.